The highest BCUT2D eigenvalue weighted by atomic mass is 32.1. The van der Waals surface area contributed by atoms with Gasteiger partial charge in [-0.25, -0.2) is 9.78 Å². The van der Waals surface area contributed by atoms with Crippen LogP contribution in [0, 0.1) is 0 Å². The molecule has 25 heavy (non-hydrogen) atoms. The molecule has 7 nitrogen and oxygen atoms in total. The van der Waals surface area contributed by atoms with Crippen molar-refractivity contribution in [1.82, 2.24) is 4.98 Å². The lowest BCUT2D eigenvalue weighted by Crippen LogP contribution is -2.34. The molecule has 0 saturated heterocycles. The number of carbonyl (C=O) groups is 2. The van der Waals surface area contributed by atoms with E-state index in [4.69, 9.17) is 13.9 Å². The van der Waals surface area contributed by atoms with Gasteiger partial charge in [0, 0.05) is 13.7 Å². The van der Waals surface area contributed by atoms with Crippen molar-refractivity contribution >= 4 is 28.3 Å². The van der Waals surface area contributed by atoms with E-state index in [0.717, 1.165) is 11.3 Å². The molecule has 8 heteroatoms. The summed E-state index contributed by atoms with van der Waals surface area (Å²) in [5.41, 5.74) is -0.231. The van der Waals surface area contributed by atoms with Crippen molar-refractivity contribution in [3.05, 3.63) is 23.3 Å². The van der Waals surface area contributed by atoms with Crippen LogP contribution in [0.3, 0.4) is 0 Å². The molecule has 1 amide bonds. The Morgan fingerprint density at radius 1 is 1.36 bits per heavy atom. The normalized spacial score (nSPS) is 11.4. The van der Waals surface area contributed by atoms with Gasteiger partial charge < -0.3 is 13.9 Å². The fourth-order valence-corrected chi connectivity index (χ4v) is 2.84. The number of amides is 1. The Bertz CT molecular complexity index is 731. The van der Waals surface area contributed by atoms with Crippen LogP contribution < -0.4 is 4.90 Å². The first-order valence-electron chi connectivity index (χ1n) is 7.85. The SMILES string of the molecule is CCOCC(=O)c1sc(N(C)C(=O)OC(C)(C)C)nc1-c1ccco1. The number of furan rings is 1. The van der Waals surface area contributed by atoms with Gasteiger partial charge in [0.15, 0.2) is 10.9 Å². The number of carbonyl (C=O) groups excluding carboxylic acids is 2. The summed E-state index contributed by atoms with van der Waals surface area (Å²) in [4.78, 5) is 30.7. The van der Waals surface area contributed by atoms with Crippen molar-refractivity contribution < 1.29 is 23.5 Å². The molecule has 0 spiro atoms. The van der Waals surface area contributed by atoms with Gasteiger partial charge in [-0.1, -0.05) is 11.3 Å². The third kappa shape index (κ3) is 4.90. The minimum Gasteiger partial charge on any atom is -0.463 e. The molecule has 2 aromatic heterocycles. The summed E-state index contributed by atoms with van der Waals surface area (Å²) in [5.74, 6) is 0.245. The Kier molecular flexibility index (Phi) is 5.97. The molecule has 0 aliphatic heterocycles. The molecule has 0 bridgehead atoms. The molecule has 0 unspecified atom stereocenters. The highest BCUT2D eigenvalue weighted by molar-refractivity contribution is 7.18. The van der Waals surface area contributed by atoms with E-state index in [9.17, 15) is 9.59 Å². The van der Waals surface area contributed by atoms with Crippen LogP contribution in [0.2, 0.25) is 0 Å². The van der Waals surface area contributed by atoms with Gasteiger partial charge in [0.2, 0.25) is 5.78 Å². The van der Waals surface area contributed by atoms with Gasteiger partial charge in [-0.05, 0) is 39.8 Å². The highest BCUT2D eigenvalue weighted by Gasteiger charge is 2.27. The Hall–Kier alpha value is -2.19. The topological polar surface area (TPSA) is 81.9 Å². The molecule has 2 aromatic rings. The summed E-state index contributed by atoms with van der Waals surface area (Å²) in [6.45, 7) is 7.55. The lowest BCUT2D eigenvalue weighted by molar-refractivity contribution is 0.0589. The van der Waals surface area contributed by atoms with Gasteiger partial charge >= 0.3 is 6.09 Å². The quantitative estimate of drug-likeness (QED) is 0.719. The summed E-state index contributed by atoms with van der Waals surface area (Å²) in [7, 11) is 1.55. The maximum Gasteiger partial charge on any atom is 0.416 e. The molecule has 0 N–H and O–H groups in total. The van der Waals surface area contributed by atoms with Crippen LogP contribution >= 0.6 is 11.3 Å². The van der Waals surface area contributed by atoms with Crippen LogP contribution in [0.25, 0.3) is 11.5 Å². The number of rotatable bonds is 6. The lowest BCUT2D eigenvalue weighted by Gasteiger charge is -2.23. The van der Waals surface area contributed by atoms with E-state index in [1.807, 2.05) is 6.92 Å². The number of aromatic nitrogens is 1. The van der Waals surface area contributed by atoms with Crippen molar-refractivity contribution in [1.29, 1.82) is 0 Å². The number of hydrogen-bond acceptors (Lipinski definition) is 7. The van der Waals surface area contributed by atoms with Crippen molar-refractivity contribution in [2.75, 3.05) is 25.2 Å². The van der Waals surface area contributed by atoms with E-state index in [2.05, 4.69) is 4.98 Å². The van der Waals surface area contributed by atoms with Crippen LogP contribution in [0.4, 0.5) is 9.93 Å². The number of Topliss-reactive ketones (excluding diaryl/α,β-unsaturated/α-hetero) is 1. The number of nitrogens with zero attached hydrogens (tertiary/aromatic N) is 2. The second-order valence-corrected chi connectivity index (χ2v) is 7.23. The highest BCUT2D eigenvalue weighted by Crippen LogP contribution is 2.34. The predicted molar refractivity (Wildman–Crippen MR) is 95.3 cm³/mol. The third-order valence-corrected chi connectivity index (χ3v) is 4.19. The van der Waals surface area contributed by atoms with Gasteiger partial charge in [-0.2, -0.15) is 0 Å². The minimum atomic E-state index is -0.625. The zero-order valence-electron chi connectivity index (χ0n) is 15.0. The number of ketones is 1. The smallest absolute Gasteiger partial charge is 0.416 e. The zero-order chi connectivity index (χ0) is 18.6. The molecular formula is C17H22N2O5S. The maximum absolute atomic E-state index is 12.4. The molecule has 0 aliphatic rings. The summed E-state index contributed by atoms with van der Waals surface area (Å²) in [5, 5.41) is 0.348. The Labute approximate surface area is 150 Å². The van der Waals surface area contributed by atoms with Crippen LogP contribution in [-0.4, -0.2) is 42.7 Å². The van der Waals surface area contributed by atoms with Gasteiger partial charge in [0.05, 0.1) is 6.26 Å². The van der Waals surface area contributed by atoms with E-state index < -0.39 is 11.7 Å². The average Bonchev–Trinajstić information content (AvgIpc) is 3.18. The number of anilines is 1. The third-order valence-electron chi connectivity index (χ3n) is 3.02. The molecule has 0 radical (unpaired) electrons. The lowest BCUT2D eigenvalue weighted by atomic mass is 10.2. The Morgan fingerprint density at radius 2 is 2.08 bits per heavy atom. The van der Waals surface area contributed by atoms with Gasteiger partial charge in [-0.3, -0.25) is 9.69 Å². The maximum atomic E-state index is 12.4. The first-order valence-corrected chi connectivity index (χ1v) is 8.67. The fraction of sp³-hybridized carbons (Fsp3) is 0.471. The molecule has 0 atom stereocenters. The van der Waals surface area contributed by atoms with Crippen molar-refractivity contribution in [3.8, 4) is 11.5 Å². The minimum absolute atomic E-state index is 0.0536. The first-order chi connectivity index (χ1) is 11.7. The van der Waals surface area contributed by atoms with E-state index in [-0.39, 0.29) is 12.4 Å². The van der Waals surface area contributed by atoms with Crippen LogP contribution in [-0.2, 0) is 9.47 Å². The number of hydrogen-bond donors (Lipinski definition) is 0. The van der Waals surface area contributed by atoms with E-state index >= 15 is 0 Å². The standard InChI is InChI=1S/C17H22N2O5S/c1-6-22-10-11(20)14-13(12-8-7-9-23-12)18-15(25-14)19(5)16(21)24-17(2,3)4/h7-9H,6,10H2,1-5H3. The molecule has 2 rings (SSSR count). The van der Waals surface area contributed by atoms with Crippen LogP contribution in [0.15, 0.2) is 22.8 Å². The fourth-order valence-electron chi connectivity index (χ4n) is 1.89. The second-order valence-electron chi connectivity index (χ2n) is 6.25. The zero-order valence-corrected chi connectivity index (χ0v) is 15.8. The van der Waals surface area contributed by atoms with Crippen molar-refractivity contribution in [2.45, 2.75) is 33.3 Å². The average molecular weight is 366 g/mol. The summed E-state index contributed by atoms with van der Waals surface area (Å²) < 4.78 is 15.9. The predicted octanol–water partition coefficient (Wildman–Crippen LogP) is 3.99. The molecule has 0 aliphatic carbocycles. The molecule has 136 valence electrons. The number of thiazole rings is 1. The summed E-state index contributed by atoms with van der Waals surface area (Å²) in [6, 6.07) is 3.42. The Morgan fingerprint density at radius 3 is 2.64 bits per heavy atom. The van der Waals surface area contributed by atoms with Crippen LogP contribution in [0.5, 0.6) is 0 Å². The van der Waals surface area contributed by atoms with Gasteiger partial charge in [-0.15, -0.1) is 0 Å². The molecule has 0 aromatic carbocycles. The van der Waals surface area contributed by atoms with Crippen molar-refractivity contribution in [3.63, 3.8) is 0 Å². The summed E-state index contributed by atoms with van der Waals surface area (Å²) in [6.07, 6.45) is 0.957. The molecular weight excluding hydrogens is 344 g/mol. The van der Waals surface area contributed by atoms with Gasteiger partial charge in [0.1, 0.15) is 22.8 Å². The van der Waals surface area contributed by atoms with E-state index in [1.54, 1.807) is 40.0 Å². The molecule has 2 heterocycles. The largest absolute Gasteiger partial charge is 0.463 e. The summed E-state index contributed by atoms with van der Waals surface area (Å²) >= 11 is 1.10. The molecule has 0 fully saturated rings. The van der Waals surface area contributed by atoms with E-state index in [1.165, 1.54) is 11.2 Å². The first kappa shape index (κ1) is 19.1. The Balaban J connectivity index is 2.34. The van der Waals surface area contributed by atoms with Gasteiger partial charge in [0.25, 0.3) is 0 Å². The molecule has 0 saturated carbocycles. The number of ether oxygens (including phenoxy) is 2. The van der Waals surface area contributed by atoms with Crippen molar-refractivity contribution in [2.24, 2.45) is 0 Å². The van der Waals surface area contributed by atoms with Crippen LogP contribution in [0.1, 0.15) is 37.4 Å². The monoisotopic (exact) mass is 366 g/mol. The van der Waals surface area contributed by atoms with E-state index in [0.29, 0.717) is 28.1 Å². The second kappa shape index (κ2) is 7.79.